The molecule has 23 heavy (non-hydrogen) atoms. The summed E-state index contributed by atoms with van der Waals surface area (Å²) in [5.74, 6) is 0.568. The number of aromatic amines is 1. The van der Waals surface area contributed by atoms with Crippen LogP contribution in [0.5, 0.6) is 5.75 Å². The standard InChI is InChI=1S/C16H23N3O4/c1-22-12-10-17-15(18-13(12)20)16(7-3-4-8-16)19-14(21)11-6-2-5-9-23-11/h10-11H,2-9H2,1H3,(H,19,21)(H,17,18,20). The van der Waals surface area contributed by atoms with E-state index in [4.69, 9.17) is 9.47 Å². The Kier molecular flexibility index (Phi) is 4.66. The molecule has 1 unspecified atom stereocenters. The first-order valence-corrected chi connectivity index (χ1v) is 8.22. The first kappa shape index (κ1) is 16.0. The van der Waals surface area contributed by atoms with E-state index in [0.717, 1.165) is 44.9 Å². The highest BCUT2D eigenvalue weighted by Crippen LogP contribution is 2.37. The topological polar surface area (TPSA) is 93.3 Å². The number of carbonyl (C=O) groups is 1. The van der Waals surface area contributed by atoms with Crippen molar-refractivity contribution in [3.8, 4) is 5.75 Å². The van der Waals surface area contributed by atoms with E-state index in [0.29, 0.717) is 12.4 Å². The molecule has 1 aliphatic carbocycles. The minimum absolute atomic E-state index is 0.106. The van der Waals surface area contributed by atoms with Crippen LogP contribution < -0.4 is 15.6 Å². The van der Waals surface area contributed by atoms with Crippen LogP contribution in [0.2, 0.25) is 0 Å². The molecule has 2 fully saturated rings. The van der Waals surface area contributed by atoms with Crippen molar-refractivity contribution in [1.29, 1.82) is 0 Å². The third-order valence-electron chi connectivity index (χ3n) is 4.73. The van der Waals surface area contributed by atoms with Crippen molar-refractivity contribution in [2.75, 3.05) is 13.7 Å². The lowest BCUT2D eigenvalue weighted by Gasteiger charge is -2.32. The van der Waals surface area contributed by atoms with Gasteiger partial charge in [0.05, 0.1) is 18.8 Å². The maximum atomic E-state index is 12.6. The Morgan fingerprint density at radius 2 is 2.17 bits per heavy atom. The number of rotatable bonds is 4. The third kappa shape index (κ3) is 3.24. The summed E-state index contributed by atoms with van der Waals surface area (Å²) >= 11 is 0. The average Bonchev–Trinajstić information content (AvgIpc) is 3.05. The van der Waals surface area contributed by atoms with E-state index in [1.54, 1.807) is 0 Å². The molecule has 7 nitrogen and oxygen atoms in total. The molecule has 0 spiro atoms. The third-order valence-corrected chi connectivity index (χ3v) is 4.73. The van der Waals surface area contributed by atoms with Gasteiger partial charge in [-0.1, -0.05) is 12.8 Å². The van der Waals surface area contributed by atoms with Gasteiger partial charge in [-0.3, -0.25) is 9.59 Å². The molecular weight excluding hydrogens is 298 g/mol. The SMILES string of the molecule is COc1cnc(C2(NC(=O)C3CCCCO3)CCCC2)[nH]c1=O. The number of hydrogen-bond acceptors (Lipinski definition) is 5. The van der Waals surface area contributed by atoms with Crippen molar-refractivity contribution >= 4 is 5.91 Å². The second-order valence-electron chi connectivity index (χ2n) is 6.26. The van der Waals surface area contributed by atoms with E-state index in [2.05, 4.69) is 15.3 Å². The molecule has 1 amide bonds. The highest BCUT2D eigenvalue weighted by atomic mass is 16.5. The Balaban J connectivity index is 1.83. The minimum atomic E-state index is -0.608. The number of hydrogen-bond donors (Lipinski definition) is 2. The van der Waals surface area contributed by atoms with E-state index in [9.17, 15) is 9.59 Å². The van der Waals surface area contributed by atoms with Crippen molar-refractivity contribution in [3.63, 3.8) is 0 Å². The number of H-pyrrole nitrogens is 1. The van der Waals surface area contributed by atoms with Gasteiger partial charge < -0.3 is 19.8 Å². The fourth-order valence-electron chi connectivity index (χ4n) is 3.44. The summed E-state index contributed by atoms with van der Waals surface area (Å²) in [5, 5.41) is 3.11. The summed E-state index contributed by atoms with van der Waals surface area (Å²) in [6.45, 7) is 0.628. The summed E-state index contributed by atoms with van der Waals surface area (Å²) in [7, 11) is 1.43. The first-order valence-electron chi connectivity index (χ1n) is 8.22. The second-order valence-corrected chi connectivity index (χ2v) is 6.26. The summed E-state index contributed by atoms with van der Waals surface area (Å²) in [6, 6.07) is 0. The quantitative estimate of drug-likeness (QED) is 0.870. The smallest absolute Gasteiger partial charge is 0.293 e. The molecule has 2 N–H and O–H groups in total. The normalized spacial score (nSPS) is 23.4. The molecular formula is C16H23N3O4. The maximum absolute atomic E-state index is 12.6. The Morgan fingerprint density at radius 1 is 1.39 bits per heavy atom. The van der Waals surface area contributed by atoms with Crippen LogP contribution in [-0.2, 0) is 15.1 Å². The molecule has 2 heterocycles. The fraction of sp³-hybridized carbons (Fsp3) is 0.688. The van der Waals surface area contributed by atoms with E-state index in [1.807, 2.05) is 0 Å². The maximum Gasteiger partial charge on any atom is 0.293 e. The zero-order chi connectivity index (χ0) is 16.3. The highest BCUT2D eigenvalue weighted by Gasteiger charge is 2.41. The van der Waals surface area contributed by atoms with Gasteiger partial charge in [0.25, 0.3) is 5.56 Å². The number of nitrogens with zero attached hydrogens (tertiary/aromatic N) is 1. The summed E-state index contributed by atoms with van der Waals surface area (Å²) in [4.78, 5) is 31.7. The largest absolute Gasteiger partial charge is 0.490 e. The molecule has 3 rings (SSSR count). The van der Waals surface area contributed by atoms with E-state index < -0.39 is 11.6 Å². The van der Waals surface area contributed by atoms with Crippen LogP contribution in [-0.4, -0.2) is 35.7 Å². The van der Waals surface area contributed by atoms with Gasteiger partial charge in [-0.05, 0) is 32.1 Å². The van der Waals surface area contributed by atoms with Gasteiger partial charge in [0.1, 0.15) is 11.9 Å². The zero-order valence-corrected chi connectivity index (χ0v) is 13.4. The summed E-state index contributed by atoms with van der Waals surface area (Å²) in [5.41, 5.74) is -0.935. The minimum Gasteiger partial charge on any atom is -0.490 e. The Hall–Kier alpha value is -1.89. The van der Waals surface area contributed by atoms with Gasteiger partial charge in [-0.2, -0.15) is 0 Å². The van der Waals surface area contributed by atoms with Crippen molar-refractivity contribution in [2.45, 2.75) is 56.6 Å². The van der Waals surface area contributed by atoms with Crippen LogP contribution >= 0.6 is 0 Å². The number of nitrogens with one attached hydrogen (secondary N) is 2. The molecule has 1 aromatic heterocycles. The van der Waals surface area contributed by atoms with Crippen LogP contribution in [0.3, 0.4) is 0 Å². The Bertz CT molecular complexity index is 616. The molecule has 1 atom stereocenters. The molecule has 1 aliphatic heterocycles. The predicted molar refractivity (Wildman–Crippen MR) is 83.3 cm³/mol. The number of methoxy groups -OCH3 is 1. The van der Waals surface area contributed by atoms with Gasteiger partial charge in [-0.15, -0.1) is 0 Å². The monoisotopic (exact) mass is 321 g/mol. The summed E-state index contributed by atoms with van der Waals surface area (Å²) in [6.07, 6.45) is 7.27. The molecule has 0 radical (unpaired) electrons. The number of amides is 1. The molecule has 1 saturated carbocycles. The molecule has 0 aromatic carbocycles. The van der Waals surface area contributed by atoms with E-state index >= 15 is 0 Å². The van der Waals surface area contributed by atoms with Gasteiger partial charge in [0.2, 0.25) is 11.7 Å². The molecule has 0 bridgehead atoms. The lowest BCUT2D eigenvalue weighted by Crippen LogP contribution is -2.50. The zero-order valence-electron chi connectivity index (χ0n) is 13.4. The van der Waals surface area contributed by atoms with Crippen molar-refractivity contribution in [3.05, 3.63) is 22.4 Å². The van der Waals surface area contributed by atoms with Gasteiger partial charge >= 0.3 is 0 Å². The average molecular weight is 321 g/mol. The highest BCUT2D eigenvalue weighted by molar-refractivity contribution is 5.81. The molecule has 1 saturated heterocycles. The van der Waals surface area contributed by atoms with Gasteiger partial charge in [0.15, 0.2) is 0 Å². The fourth-order valence-corrected chi connectivity index (χ4v) is 3.44. The molecule has 2 aliphatic rings. The van der Waals surface area contributed by atoms with Gasteiger partial charge in [-0.25, -0.2) is 4.98 Å². The van der Waals surface area contributed by atoms with Crippen LogP contribution in [0.4, 0.5) is 0 Å². The Labute approximate surface area is 134 Å². The van der Waals surface area contributed by atoms with E-state index in [1.165, 1.54) is 13.3 Å². The first-order chi connectivity index (χ1) is 11.1. The molecule has 1 aromatic rings. The second kappa shape index (κ2) is 6.70. The summed E-state index contributed by atoms with van der Waals surface area (Å²) < 4.78 is 10.5. The van der Waals surface area contributed by atoms with Crippen LogP contribution in [0.15, 0.2) is 11.0 Å². The molecule has 7 heteroatoms. The van der Waals surface area contributed by atoms with Crippen molar-refractivity contribution in [1.82, 2.24) is 15.3 Å². The molecule has 126 valence electrons. The van der Waals surface area contributed by atoms with Gasteiger partial charge in [0, 0.05) is 6.61 Å². The van der Waals surface area contributed by atoms with Crippen LogP contribution in [0, 0.1) is 0 Å². The Morgan fingerprint density at radius 3 is 2.78 bits per heavy atom. The number of carbonyl (C=O) groups excluding carboxylic acids is 1. The van der Waals surface area contributed by atoms with Crippen LogP contribution in [0.1, 0.15) is 50.8 Å². The van der Waals surface area contributed by atoms with Crippen LogP contribution in [0.25, 0.3) is 0 Å². The van der Waals surface area contributed by atoms with E-state index in [-0.39, 0.29) is 17.2 Å². The number of aromatic nitrogens is 2. The lowest BCUT2D eigenvalue weighted by atomic mass is 9.95. The van der Waals surface area contributed by atoms with Crippen molar-refractivity contribution in [2.24, 2.45) is 0 Å². The van der Waals surface area contributed by atoms with Crippen molar-refractivity contribution < 1.29 is 14.3 Å². The predicted octanol–water partition coefficient (Wildman–Crippen LogP) is 1.23. The lowest BCUT2D eigenvalue weighted by molar-refractivity contribution is -0.137. The number of ether oxygens (including phenoxy) is 2.